The van der Waals surface area contributed by atoms with Crippen molar-refractivity contribution < 1.29 is 4.79 Å². The number of aromatic nitrogens is 2. The summed E-state index contributed by atoms with van der Waals surface area (Å²) in [6.45, 7) is 6.74. The second kappa shape index (κ2) is 8.90. The highest BCUT2D eigenvalue weighted by Gasteiger charge is 2.15. The number of aryl methyl sites for hydroxylation is 1. The molecule has 29 heavy (non-hydrogen) atoms. The monoisotopic (exact) mass is 392 g/mol. The first kappa shape index (κ1) is 20.6. The predicted octanol–water partition coefficient (Wildman–Crippen LogP) is 2.98. The van der Waals surface area contributed by atoms with Crippen molar-refractivity contribution in [3.05, 3.63) is 70.1 Å². The summed E-state index contributed by atoms with van der Waals surface area (Å²) in [5.41, 5.74) is 2.73. The molecule has 1 aromatic heterocycles. The Morgan fingerprint density at radius 1 is 1.00 bits per heavy atom. The highest BCUT2D eigenvalue weighted by atomic mass is 16.2. The van der Waals surface area contributed by atoms with Crippen LogP contribution < -0.4 is 10.5 Å². The van der Waals surface area contributed by atoms with Gasteiger partial charge in [0.15, 0.2) is 0 Å². The number of amides is 1. The van der Waals surface area contributed by atoms with Crippen molar-refractivity contribution in [2.24, 2.45) is 7.05 Å². The summed E-state index contributed by atoms with van der Waals surface area (Å²) in [6.07, 6.45) is 0.155. The standard InChI is InChI=1S/C23H28N4O2/c1-5-27(6-2)18-13-11-17(12-14-18)16-25(3)22(28)15-21-19-9-7-8-10-20(19)23(29)26(4)24-21/h7-14H,5-6,15-16H2,1-4H3. The Labute approximate surface area is 171 Å². The van der Waals surface area contributed by atoms with E-state index < -0.39 is 0 Å². The van der Waals surface area contributed by atoms with Gasteiger partial charge in [-0.25, -0.2) is 4.68 Å². The minimum Gasteiger partial charge on any atom is -0.372 e. The summed E-state index contributed by atoms with van der Waals surface area (Å²) >= 11 is 0. The third kappa shape index (κ3) is 4.47. The lowest BCUT2D eigenvalue weighted by Gasteiger charge is -2.22. The Kier molecular flexibility index (Phi) is 6.32. The molecule has 0 spiro atoms. The van der Waals surface area contributed by atoms with Crippen LogP contribution in [0.3, 0.4) is 0 Å². The number of carbonyl (C=O) groups excluding carboxylic acids is 1. The van der Waals surface area contributed by atoms with E-state index in [4.69, 9.17) is 0 Å². The number of rotatable bonds is 7. The number of likely N-dealkylation sites (N-methyl/N-ethyl adjacent to an activating group) is 1. The first-order valence-corrected chi connectivity index (χ1v) is 9.97. The van der Waals surface area contributed by atoms with Crippen molar-refractivity contribution in [1.29, 1.82) is 0 Å². The van der Waals surface area contributed by atoms with Gasteiger partial charge < -0.3 is 9.80 Å². The summed E-state index contributed by atoms with van der Waals surface area (Å²) in [6, 6.07) is 15.6. The van der Waals surface area contributed by atoms with Gasteiger partial charge in [-0.3, -0.25) is 9.59 Å². The predicted molar refractivity (Wildman–Crippen MR) is 117 cm³/mol. The smallest absolute Gasteiger partial charge is 0.274 e. The fourth-order valence-electron chi connectivity index (χ4n) is 3.55. The number of hydrogen-bond donors (Lipinski definition) is 0. The van der Waals surface area contributed by atoms with Crippen molar-refractivity contribution in [1.82, 2.24) is 14.7 Å². The molecule has 3 rings (SSSR count). The fraction of sp³-hybridized carbons (Fsp3) is 0.348. The Morgan fingerprint density at radius 3 is 2.24 bits per heavy atom. The molecule has 0 aliphatic rings. The molecular formula is C23H28N4O2. The van der Waals surface area contributed by atoms with Crippen LogP contribution in [0.15, 0.2) is 53.3 Å². The molecule has 0 unspecified atom stereocenters. The zero-order chi connectivity index (χ0) is 21.0. The fourth-order valence-corrected chi connectivity index (χ4v) is 3.55. The highest BCUT2D eigenvalue weighted by molar-refractivity contribution is 5.88. The second-order valence-electron chi connectivity index (χ2n) is 7.19. The van der Waals surface area contributed by atoms with E-state index in [1.165, 1.54) is 10.4 Å². The van der Waals surface area contributed by atoms with Crippen LogP contribution in [0.1, 0.15) is 25.1 Å². The van der Waals surface area contributed by atoms with Gasteiger partial charge in [0.05, 0.1) is 17.5 Å². The number of carbonyl (C=O) groups is 1. The molecule has 0 radical (unpaired) electrons. The molecule has 0 atom stereocenters. The van der Waals surface area contributed by atoms with E-state index in [2.05, 4.69) is 48.1 Å². The van der Waals surface area contributed by atoms with Gasteiger partial charge in [-0.2, -0.15) is 5.10 Å². The molecule has 2 aromatic carbocycles. The molecule has 3 aromatic rings. The van der Waals surface area contributed by atoms with Crippen LogP contribution in [0.2, 0.25) is 0 Å². The Hall–Kier alpha value is -3.15. The lowest BCUT2D eigenvalue weighted by atomic mass is 10.1. The molecule has 0 fully saturated rings. The van der Waals surface area contributed by atoms with E-state index >= 15 is 0 Å². The number of hydrogen-bond acceptors (Lipinski definition) is 4. The quantitative estimate of drug-likeness (QED) is 0.620. The summed E-state index contributed by atoms with van der Waals surface area (Å²) < 4.78 is 1.30. The molecule has 0 saturated carbocycles. The lowest BCUT2D eigenvalue weighted by Crippen LogP contribution is -2.29. The number of nitrogens with zero attached hydrogens (tertiary/aromatic N) is 4. The van der Waals surface area contributed by atoms with Gasteiger partial charge in [0.25, 0.3) is 5.56 Å². The summed E-state index contributed by atoms with van der Waals surface area (Å²) in [4.78, 5) is 29.1. The molecule has 1 amide bonds. The lowest BCUT2D eigenvalue weighted by molar-refractivity contribution is -0.129. The van der Waals surface area contributed by atoms with Crippen LogP contribution in [0.4, 0.5) is 5.69 Å². The molecule has 0 saturated heterocycles. The maximum Gasteiger partial charge on any atom is 0.274 e. The van der Waals surface area contributed by atoms with E-state index in [0.29, 0.717) is 17.6 Å². The maximum atomic E-state index is 12.8. The minimum absolute atomic E-state index is 0.0332. The average molecular weight is 393 g/mol. The zero-order valence-electron chi connectivity index (χ0n) is 17.6. The normalized spacial score (nSPS) is 10.9. The molecule has 0 bridgehead atoms. The van der Waals surface area contributed by atoms with Gasteiger partial charge in [-0.1, -0.05) is 30.3 Å². The van der Waals surface area contributed by atoms with Crippen molar-refractivity contribution in [3.63, 3.8) is 0 Å². The Bertz CT molecular complexity index is 1050. The topological polar surface area (TPSA) is 58.4 Å². The van der Waals surface area contributed by atoms with E-state index in [0.717, 1.165) is 24.0 Å². The molecule has 0 aliphatic heterocycles. The van der Waals surface area contributed by atoms with Crippen LogP contribution in [0.25, 0.3) is 10.8 Å². The zero-order valence-corrected chi connectivity index (χ0v) is 17.6. The van der Waals surface area contributed by atoms with Gasteiger partial charge in [0, 0.05) is 44.8 Å². The minimum atomic E-state index is -0.154. The third-order valence-electron chi connectivity index (χ3n) is 5.26. The molecule has 0 aliphatic carbocycles. The third-order valence-corrected chi connectivity index (χ3v) is 5.26. The highest BCUT2D eigenvalue weighted by Crippen LogP contribution is 2.17. The van der Waals surface area contributed by atoms with Crippen molar-refractivity contribution in [2.75, 3.05) is 25.0 Å². The second-order valence-corrected chi connectivity index (χ2v) is 7.19. The van der Waals surface area contributed by atoms with E-state index in [9.17, 15) is 9.59 Å². The van der Waals surface area contributed by atoms with Crippen molar-refractivity contribution in [3.8, 4) is 0 Å². The first-order chi connectivity index (χ1) is 13.9. The van der Waals surface area contributed by atoms with Gasteiger partial charge in [0.1, 0.15) is 0 Å². The molecular weight excluding hydrogens is 364 g/mol. The molecule has 6 nitrogen and oxygen atoms in total. The van der Waals surface area contributed by atoms with E-state index in [1.807, 2.05) is 18.2 Å². The van der Waals surface area contributed by atoms with Gasteiger partial charge in [-0.15, -0.1) is 0 Å². The largest absolute Gasteiger partial charge is 0.372 e. The van der Waals surface area contributed by atoms with Gasteiger partial charge >= 0.3 is 0 Å². The van der Waals surface area contributed by atoms with Crippen LogP contribution in [-0.4, -0.2) is 40.7 Å². The van der Waals surface area contributed by atoms with Gasteiger partial charge in [-0.05, 0) is 37.6 Å². The SMILES string of the molecule is CCN(CC)c1ccc(CN(C)C(=O)Cc2nn(C)c(=O)c3ccccc23)cc1. The number of fused-ring (bicyclic) bond motifs is 1. The van der Waals surface area contributed by atoms with E-state index in [1.54, 1.807) is 25.1 Å². The van der Waals surface area contributed by atoms with Crippen LogP contribution in [-0.2, 0) is 24.8 Å². The summed E-state index contributed by atoms with van der Waals surface area (Å²) in [5.74, 6) is -0.0332. The number of benzene rings is 2. The van der Waals surface area contributed by atoms with Crippen molar-refractivity contribution in [2.45, 2.75) is 26.8 Å². The first-order valence-electron chi connectivity index (χ1n) is 9.97. The Morgan fingerprint density at radius 2 is 1.62 bits per heavy atom. The molecule has 0 N–H and O–H groups in total. The molecule has 1 heterocycles. The van der Waals surface area contributed by atoms with Crippen molar-refractivity contribution >= 4 is 22.4 Å². The van der Waals surface area contributed by atoms with Crippen LogP contribution in [0.5, 0.6) is 0 Å². The summed E-state index contributed by atoms with van der Waals surface area (Å²) in [5, 5.41) is 5.65. The van der Waals surface area contributed by atoms with E-state index in [-0.39, 0.29) is 17.9 Å². The van der Waals surface area contributed by atoms with Crippen LogP contribution >= 0.6 is 0 Å². The Balaban J connectivity index is 1.74. The van der Waals surface area contributed by atoms with Crippen LogP contribution in [0, 0.1) is 0 Å². The number of anilines is 1. The summed E-state index contributed by atoms with van der Waals surface area (Å²) in [7, 11) is 3.41. The molecule has 152 valence electrons. The average Bonchev–Trinajstić information content (AvgIpc) is 2.73. The molecule has 6 heteroatoms. The maximum absolute atomic E-state index is 12.8. The van der Waals surface area contributed by atoms with Gasteiger partial charge in [0.2, 0.25) is 5.91 Å².